The van der Waals surface area contributed by atoms with Gasteiger partial charge in [0.15, 0.2) is 5.78 Å². The zero-order valence-electron chi connectivity index (χ0n) is 16.8. The first-order chi connectivity index (χ1) is 13.6. The maximum atomic E-state index is 11.9. The molecule has 0 radical (unpaired) electrons. The number of carbonyl (C=O) groups excluding carboxylic acids is 5. The number of carboxylic acids is 1. The third-order valence-corrected chi connectivity index (χ3v) is 4.64. The van der Waals surface area contributed by atoms with Gasteiger partial charge < -0.3 is 10.4 Å². The van der Waals surface area contributed by atoms with Crippen LogP contribution in [0, 0.1) is 5.92 Å². The average Bonchev–Trinajstić information content (AvgIpc) is 2.97. The molecule has 1 aliphatic rings. The van der Waals surface area contributed by atoms with Crippen LogP contribution in [-0.4, -0.2) is 57.9 Å². The third kappa shape index (κ3) is 8.80. The molecule has 0 bridgehead atoms. The number of unbranched alkanes of at least 4 members (excludes halogenated alkanes) is 1. The second kappa shape index (κ2) is 11.9. The van der Waals surface area contributed by atoms with Crippen molar-refractivity contribution in [1.29, 1.82) is 0 Å². The van der Waals surface area contributed by atoms with E-state index < -0.39 is 17.9 Å². The molecule has 0 aromatic carbocycles. The zero-order valence-corrected chi connectivity index (χ0v) is 16.8. The Morgan fingerprint density at radius 3 is 2.10 bits per heavy atom. The summed E-state index contributed by atoms with van der Waals surface area (Å²) in [7, 11) is 0. The van der Waals surface area contributed by atoms with E-state index in [-0.39, 0.29) is 55.1 Å². The summed E-state index contributed by atoms with van der Waals surface area (Å²) in [4.78, 5) is 70.2. The van der Waals surface area contributed by atoms with E-state index in [0.29, 0.717) is 25.7 Å². The Hall–Kier alpha value is -2.84. The minimum Gasteiger partial charge on any atom is -0.481 e. The van der Waals surface area contributed by atoms with Crippen molar-refractivity contribution in [3.8, 4) is 0 Å². The summed E-state index contributed by atoms with van der Waals surface area (Å²) in [6.07, 6.45) is 4.41. The number of carbonyl (C=O) groups is 6. The molecule has 29 heavy (non-hydrogen) atoms. The fraction of sp³-hybridized carbons (Fsp3) is 0.600. The van der Waals surface area contributed by atoms with Crippen molar-refractivity contribution >= 4 is 35.3 Å². The van der Waals surface area contributed by atoms with Crippen molar-refractivity contribution in [3.63, 3.8) is 0 Å². The Labute approximate surface area is 169 Å². The van der Waals surface area contributed by atoms with Gasteiger partial charge >= 0.3 is 5.97 Å². The minimum absolute atomic E-state index is 0.00339. The van der Waals surface area contributed by atoms with Gasteiger partial charge in [-0.15, -0.1) is 0 Å². The number of ketones is 2. The number of carboxylic acid groups (broad SMARTS) is 1. The van der Waals surface area contributed by atoms with E-state index in [0.717, 1.165) is 4.90 Å². The van der Waals surface area contributed by atoms with Crippen LogP contribution in [0.3, 0.4) is 0 Å². The molecule has 9 heteroatoms. The highest BCUT2D eigenvalue weighted by molar-refractivity contribution is 6.12. The van der Waals surface area contributed by atoms with E-state index in [2.05, 4.69) is 5.32 Å². The van der Waals surface area contributed by atoms with Gasteiger partial charge in [-0.3, -0.25) is 33.7 Å². The van der Waals surface area contributed by atoms with Crippen LogP contribution >= 0.6 is 0 Å². The maximum absolute atomic E-state index is 11.9. The van der Waals surface area contributed by atoms with E-state index in [1.54, 1.807) is 0 Å². The molecule has 0 fully saturated rings. The number of rotatable bonds is 14. The van der Waals surface area contributed by atoms with Crippen molar-refractivity contribution in [3.05, 3.63) is 12.2 Å². The first-order valence-electron chi connectivity index (χ1n) is 9.72. The number of amides is 3. The monoisotopic (exact) mass is 408 g/mol. The average molecular weight is 408 g/mol. The summed E-state index contributed by atoms with van der Waals surface area (Å²) in [5.41, 5.74) is 0. The Kier molecular flexibility index (Phi) is 9.91. The van der Waals surface area contributed by atoms with Crippen LogP contribution in [-0.2, 0) is 28.8 Å². The molecule has 2 atom stereocenters. The SMILES string of the molecule is CC(CC(=O)C(C)NC(=O)CCCCC(=O)CCCN1C(=O)C=CC1=O)C(=O)O. The highest BCUT2D eigenvalue weighted by Crippen LogP contribution is 2.09. The Morgan fingerprint density at radius 1 is 0.966 bits per heavy atom. The highest BCUT2D eigenvalue weighted by Gasteiger charge is 2.23. The molecule has 160 valence electrons. The lowest BCUT2D eigenvalue weighted by atomic mass is 10.0. The van der Waals surface area contributed by atoms with E-state index in [1.165, 1.54) is 26.0 Å². The number of imide groups is 1. The fourth-order valence-electron chi connectivity index (χ4n) is 2.78. The van der Waals surface area contributed by atoms with Crippen LogP contribution < -0.4 is 5.32 Å². The summed E-state index contributed by atoms with van der Waals surface area (Å²) in [5.74, 6) is -3.24. The van der Waals surface area contributed by atoms with Gasteiger partial charge in [0.2, 0.25) is 5.91 Å². The molecule has 9 nitrogen and oxygen atoms in total. The summed E-state index contributed by atoms with van der Waals surface area (Å²) >= 11 is 0. The van der Waals surface area contributed by atoms with Crippen LogP contribution in [0.5, 0.6) is 0 Å². The maximum Gasteiger partial charge on any atom is 0.306 e. The number of hydrogen-bond donors (Lipinski definition) is 2. The van der Waals surface area contributed by atoms with Crippen molar-refractivity contribution in [2.75, 3.05) is 6.54 Å². The molecule has 1 heterocycles. The van der Waals surface area contributed by atoms with E-state index in [9.17, 15) is 28.8 Å². The minimum atomic E-state index is -1.06. The van der Waals surface area contributed by atoms with E-state index in [1.807, 2.05) is 0 Å². The van der Waals surface area contributed by atoms with Crippen LogP contribution in [0.2, 0.25) is 0 Å². The first kappa shape index (κ1) is 24.2. The van der Waals surface area contributed by atoms with Crippen LogP contribution in [0.1, 0.15) is 58.8 Å². The van der Waals surface area contributed by atoms with Gasteiger partial charge in [-0.1, -0.05) is 6.92 Å². The Morgan fingerprint density at radius 2 is 1.52 bits per heavy atom. The van der Waals surface area contributed by atoms with Crippen molar-refractivity contribution in [1.82, 2.24) is 10.2 Å². The molecule has 0 aromatic heterocycles. The van der Waals surface area contributed by atoms with Crippen LogP contribution in [0.25, 0.3) is 0 Å². The summed E-state index contributed by atoms with van der Waals surface area (Å²) in [6, 6.07) is -0.753. The first-order valence-corrected chi connectivity index (χ1v) is 9.72. The number of hydrogen-bond acceptors (Lipinski definition) is 6. The molecule has 0 saturated carbocycles. The Balaban J connectivity index is 2.13. The van der Waals surface area contributed by atoms with Gasteiger partial charge in [-0.25, -0.2) is 0 Å². The van der Waals surface area contributed by atoms with Crippen LogP contribution in [0.4, 0.5) is 0 Å². The zero-order chi connectivity index (χ0) is 22.0. The number of nitrogens with zero attached hydrogens (tertiary/aromatic N) is 1. The summed E-state index contributed by atoms with van der Waals surface area (Å²) < 4.78 is 0. The smallest absolute Gasteiger partial charge is 0.306 e. The molecule has 2 N–H and O–H groups in total. The quantitative estimate of drug-likeness (QED) is 0.323. The lowest BCUT2D eigenvalue weighted by Gasteiger charge is -2.14. The molecule has 1 rings (SSSR count). The van der Waals surface area contributed by atoms with Crippen molar-refractivity contribution in [2.45, 2.75) is 64.8 Å². The second-order valence-corrected chi connectivity index (χ2v) is 7.21. The second-order valence-electron chi connectivity index (χ2n) is 7.21. The molecule has 3 amide bonds. The number of aliphatic carboxylic acids is 1. The molecule has 0 aromatic rings. The largest absolute Gasteiger partial charge is 0.481 e. The third-order valence-electron chi connectivity index (χ3n) is 4.64. The molecule has 2 unspecified atom stereocenters. The molecular formula is C20H28N2O7. The Bertz CT molecular complexity index is 681. The fourth-order valence-corrected chi connectivity index (χ4v) is 2.78. The van der Waals surface area contributed by atoms with Crippen molar-refractivity contribution in [2.24, 2.45) is 5.92 Å². The summed E-state index contributed by atoms with van der Waals surface area (Å²) in [6.45, 7) is 3.17. The predicted molar refractivity (Wildman–Crippen MR) is 103 cm³/mol. The van der Waals surface area contributed by atoms with Gasteiger partial charge in [0.1, 0.15) is 5.78 Å². The predicted octanol–water partition coefficient (Wildman–Crippen LogP) is 1.01. The highest BCUT2D eigenvalue weighted by atomic mass is 16.4. The van der Waals surface area contributed by atoms with Crippen LogP contribution in [0.15, 0.2) is 12.2 Å². The topological polar surface area (TPSA) is 138 Å². The molecule has 0 aliphatic carbocycles. The molecule has 0 saturated heterocycles. The van der Waals surface area contributed by atoms with Crippen molar-refractivity contribution < 1.29 is 33.9 Å². The molecular weight excluding hydrogens is 380 g/mol. The van der Waals surface area contributed by atoms with E-state index >= 15 is 0 Å². The molecule has 1 aliphatic heterocycles. The number of Topliss-reactive ketones (excluding diaryl/α,β-unsaturated/α-hetero) is 2. The summed E-state index contributed by atoms with van der Waals surface area (Å²) in [5, 5.41) is 11.4. The molecule has 0 spiro atoms. The standard InChI is InChI=1S/C20H28N2O7/c1-13(20(28)29)12-16(24)14(2)21-17(25)8-4-3-6-15(23)7-5-11-22-18(26)9-10-19(22)27/h9-10,13-14H,3-8,11-12H2,1-2H3,(H,21,25)(H,28,29). The van der Waals surface area contributed by atoms with Gasteiger partial charge in [0, 0.05) is 44.4 Å². The number of nitrogens with one attached hydrogen (secondary N) is 1. The lowest BCUT2D eigenvalue weighted by Crippen LogP contribution is -2.39. The van der Waals surface area contributed by atoms with Gasteiger partial charge in [0.25, 0.3) is 11.8 Å². The normalized spacial score (nSPS) is 15.3. The van der Waals surface area contributed by atoms with Gasteiger partial charge in [-0.2, -0.15) is 0 Å². The van der Waals surface area contributed by atoms with E-state index in [4.69, 9.17) is 5.11 Å². The lowest BCUT2D eigenvalue weighted by molar-refractivity contribution is -0.143. The van der Waals surface area contributed by atoms with Gasteiger partial charge in [0.05, 0.1) is 12.0 Å². The van der Waals surface area contributed by atoms with Gasteiger partial charge in [-0.05, 0) is 26.2 Å².